The molecule has 1 fully saturated rings. The van der Waals surface area contributed by atoms with Crippen molar-refractivity contribution in [2.75, 3.05) is 14.7 Å². The van der Waals surface area contributed by atoms with E-state index in [4.69, 9.17) is 0 Å². The quantitative estimate of drug-likeness (QED) is 0.152. The molecule has 0 N–H and O–H groups in total. The molecule has 0 radical (unpaired) electrons. The second-order valence-electron chi connectivity index (χ2n) is 30.1. The van der Waals surface area contributed by atoms with E-state index >= 15 is 0 Å². The molecule has 7 aromatic rings. The van der Waals surface area contributed by atoms with E-state index in [9.17, 15) is 0 Å². The summed E-state index contributed by atoms with van der Waals surface area (Å²) >= 11 is 0. The minimum Gasteiger partial charge on any atom is -0.334 e. The summed E-state index contributed by atoms with van der Waals surface area (Å²) < 4.78 is 0. The molecule has 6 bridgehead atoms. The fourth-order valence-corrected chi connectivity index (χ4v) is 18.4. The Labute approximate surface area is 461 Å². The van der Waals surface area contributed by atoms with Gasteiger partial charge in [0.2, 0.25) is 0 Å². The normalized spacial score (nSPS) is 25.2. The van der Waals surface area contributed by atoms with Gasteiger partial charge in [-0.2, -0.15) is 0 Å². The summed E-state index contributed by atoms with van der Waals surface area (Å²) in [4.78, 5) is 8.39. The monoisotopic (exact) mass is 1010 g/mol. The molecule has 390 valence electrons. The lowest BCUT2D eigenvalue weighted by molar-refractivity contribution is 0.195. The highest BCUT2D eigenvalue weighted by Crippen LogP contribution is 2.65. The summed E-state index contributed by atoms with van der Waals surface area (Å²) in [6, 6.07) is 45.8. The molecular weight excluding hydrogens is 930 g/mol. The van der Waals surface area contributed by atoms with Gasteiger partial charge in [0.25, 0.3) is 6.71 Å². The summed E-state index contributed by atoms with van der Waals surface area (Å²) in [6.07, 6.45) is 8.29. The van der Waals surface area contributed by atoms with E-state index in [-0.39, 0.29) is 50.2 Å². The molecular formula is C73H80BN3. The molecule has 0 spiro atoms. The third kappa shape index (κ3) is 5.91. The van der Waals surface area contributed by atoms with Crippen molar-refractivity contribution in [2.24, 2.45) is 0 Å². The molecule has 4 heterocycles. The van der Waals surface area contributed by atoms with Crippen LogP contribution in [0.25, 0.3) is 11.1 Å². The van der Waals surface area contributed by atoms with Gasteiger partial charge in [0.15, 0.2) is 0 Å². The van der Waals surface area contributed by atoms with Gasteiger partial charge in [0, 0.05) is 61.7 Å². The molecule has 15 rings (SSSR count). The highest BCUT2D eigenvalue weighted by molar-refractivity contribution is 7.00. The maximum absolute atomic E-state index is 2.90. The second kappa shape index (κ2) is 14.6. The SMILES string of the molecule is Cc1cc2c3c(c1)N1c4cc5c(cc4C)C(C)(C)CCC5(C)c4cc5c(cc4C(C)(C)C)C4(C)CCCCC4(C)N5c4ccc(c1c4)B3c1cc3c(cc1N2c1ccc2c(c1)-c1ccccc1C2(C)C)C(C)(C)CC3(C)C. The van der Waals surface area contributed by atoms with Crippen molar-refractivity contribution < 1.29 is 0 Å². The van der Waals surface area contributed by atoms with Crippen molar-refractivity contribution in [3.63, 3.8) is 0 Å². The van der Waals surface area contributed by atoms with Crippen molar-refractivity contribution in [2.45, 2.75) is 199 Å². The second-order valence-corrected chi connectivity index (χ2v) is 30.1. The first-order chi connectivity index (χ1) is 36.2. The third-order valence-electron chi connectivity index (χ3n) is 22.6. The number of hydrogen-bond donors (Lipinski definition) is 0. The summed E-state index contributed by atoms with van der Waals surface area (Å²) in [5.74, 6) is 0. The van der Waals surface area contributed by atoms with Gasteiger partial charge in [0.1, 0.15) is 0 Å². The Morgan fingerprint density at radius 3 is 1.84 bits per heavy atom. The van der Waals surface area contributed by atoms with Crippen molar-refractivity contribution >= 4 is 68.6 Å². The zero-order chi connectivity index (χ0) is 53.8. The van der Waals surface area contributed by atoms with Crippen LogP contribution in [0.5, 0.6) is 0 Å². The summed E-state index contributed by atoms with van der Waals surface area (Å²) in [5.41, 5.74) is 33.4. The molecule has 3 nitrogen and oxygen atoms in total. The Morgan fingerprint density at radius 2 is 1.09 bits per heavy atom. The van der Waals surface area contributed by atoms with Gasteiger partial charge in [-0.3, -0.25) is 0 Å². The molecule has 4 aliphatic carbocycles. The van der Waals surface area contributed by atoms with Gasteiger partial charge < -0.3 is 14.7 Å². The van der Waals surface area contributed by atoms with Crippen LogP contribution in [0, 0.1) is 13.8 Å². The lowest BCUT2D eigenvalue weighted by Crippen LogP contribution is -2.61. The van der Waals surface area contributed by atoms with Crippen LogP contribution in [0.1, 0.15) is 203 Å². The number of nitrogens with zero attached hydrogens (tertiary/aromatic N) is 3. The Kier molecular flexibility index (Phi) is 9.14. The van der Waals surface area contributed by atoms with Gasteiger partial charge in [-0.25, -0.2) is 0 Å². The molecule has 7 aromatic carbocycles. The van der Waals surface area contributed by atoms with E-state index in [2.05, 4.69) is 235 Å². The Morgan fingerprint density at radius 1 is 0.455 bits per heavy atom. The highest BCUT2D eigenvalue weighted by Gasteiger charge is 2.59. The third-order valence-corrected chi connectivity index (χ3v) is 22.6. The van der Waals surface area contributed by atoms with Crippen LogP contribution in [0.2, 0.25) is 0 Å². The zero-order valence-electron chi connectivity index (χ0n) is 49.3. The molecule has 3 unspecified atom stereocenters. The first-order valence-electron chi connectivity index (χ1n) is 29.7. The van der Waals surface area contributed by atoms with Crippen molar-refractivity contribution in [1.82, 2.24) is 0 Å². The highest BCUT2D eigenvalue weighted by atomic mass is 15.3. The lowest BCUT2D eigenvalue weighted by Gasteiger charge is -2.51. The maximum atomic E-state index is 2.90. The Hall–Kier alpha value is -6.00. The van der Waals surface area contributed by atoms with Gasteiger partial charge in [-0.1, -0.05) is 157 Å². The zero-order valence-corrected chi connectivity index (χ0v) is 49.3. The largest absolute Gasteiger partial charge is 0.334 e. The van der Waals surface area contributed by atoms with Crippen LogP contribution in [-0.2, 0) is 37.9 Å². The van der Waals surface area contributed by atoms with Crippen molar-refractivity contribution in [3.05, 3.63) is 170 Å². The Bertz CT molecular complexity index is 3840. The van der Waals surface area contributed by atoms with E-state index < -0.39 is 0 Å². The summed E-state index contributed by atoms with van der Waals surface area (Å²) in [7, 11) is 0. The molecule has 0 aromatic heterocycles. The van der Waals surface area contributed by atoms with Crippen molar-refractivity contribution in [3.8, 4) is 11.1 Å². The van der Waals surface area contributed by atoms with Gasteiger partial charge in [-0.15, -0.1) is 0 Å². The van der Waals surface area contributed by atoms with E-state index in [1.54, 1.807) is 5.56 Å². The van der Waals surface area contributed by atoms with E-state index in [1.165, 1.54) is 154 Å². The number of fused-ring (bicyclic) bond motifs is 17. The Balaban J connectivity index is 1.07. The number of rotatable bonds is 1. The first kappa shape index (κ1) is 48.2. The number of anilines is 8. The fourth-order valence-electron chi connectivity index (χ4n) is 18.4. The number of benzene rings is 7. The fraction of sp³-hybridized carbons (Fsp3) is 0.425. The molecule has 4 heteroatoms. The van der Waals surface area contributed by atoms with Crippen LogP contribution in [-0.4, -0.2) is 12.3 Å². The van der Waals surface area contributed by atoms with Crippen LogP contribution in [0.4, 0.5) is 45.5 Å². The van der Waals surface area contributed by atoms with E-state index in [0.29, 0.717) is 0 Å². The molecule has 8 aliphatic rings. The molecule has 4 aliphatic heterocycles. The van der Waals surface area contributed by atoms with Crippen LogP contribution in [0.3, 0.4) is 0 Å². The number of hydrogen-bond acceptors (Lipinski definition) is 3. The molecule has 1 saturated carbocycles. The standard InChI is InChI=1S/C73H80BN3/c1-42-31-63-65-64(32-42)76-59-39-55-51(33-43(59)2)67(6,7)29-30-71(55,14)54-40-60-56(36-50(54)66(3,4)5)72(15)27-19-20-28-73(72,16)77(60)45-24-26-57(61(76)35-45)74(65)58-37-52-53(69(10,11)41-68(52,8)9)38-62(58)75(63)44-23-25-49-47(34-44)46-21-17-18-22-48(46)70(49,12)13/h17-18,21-26,31-40H,19-20,27-30,41H2,1-16H3. The van der Waals surface area contributed by atoms with E-state index in [1.807, 2.05) is 0 Å². The summed E-state index contributed by atoms with van der Waals surface area (Å²) in [6.45, 7) is 40.0. The maximum Gasteiger partial charge on any atom is 0.252 e. The molecule has 77 heavy (non-hydrogen) atoms. The number of aryl methyl sites for hydroxylation is 2. The minimum absolute atomic E-state index is 0.00438. The topological polar surface area (TPSA) is 9.72 Å². The van der Waals surface area contributed by atoms with Gasteiger partial charge in [-0.05, 0) is 218 Å². The smallest absolute Gasteiger partial charge is 0.252 e. The van der Waals surface area contributed by atoms with E-state index in [0.717, 1.165) is 19.3 Å². The van der Waals surface area contributed by atoms with Crippen LogP contribution in [0.15, 0.2) is 109 Å². The molecule has 3 atom stereocenters. The van der Waals surface area contributed by atoms with Crippen molar-refractivity contribution in [1.29, 1.82) is 0 Å². The molecule has 0 saturated heterocycles. The summed E-state index contributed by atoms with van der Waals surface area (Å²) in [5, 5.41) is 0. The van der Waals surface area contributed by atoms with Gasteiger partial charge in [0.05, 0.1) is 5.54 Å². The van der Waals surface area contributed by atoms with Crippen LogP contribution < -0.4 is 31.1 Å². The average Bonchev–Trinajstić information content (AvgIpc) is 3.83. The minimum atomic E-state index is -0.205. The van der Waals surface area contributed by atoms with Crippen LogP contribution >= 0.6 is 0 Å². The molecule has 0 amide bonds. The average molecular weight is 1010 g/mol. The predicted molar refractivity (Wildman–Crippen MR) is 328 cm³/mol. The first-order valence-corrected chi connectivity index (χ1v) is 29.7. The lowest BCUT2D eigenvalue weighted by atomic mass is 9.33. The van der Waals surface area contributed by atoms with Gasteiger partial charge >= 0.3 is 0 Å². The predicted octanol–water partition coefficient (Wildman–Crippen LogP) is 17.4.